The summed E-state index contributed by atoms with van der Waals surface area (Å²) in [6.07, 6.45) is 6.06. The van der Waals surface area contributed by atoms with Gasteiger partial charge in [0.25, 0.3) is 0 Å². The average molecular weight is 241 g/mol. The van der Waals surface area contributed by atoms with Crippen molar-refractivity contribution in [3.8, 4) is 0 Å². The summed E-state index contributed by atoms with van der Waals surface area (Å²) in [6, 6.07) is 9.10. The first kappa shape index (κ1) is 11.5. The number of aromatic nitrogens is 2. The smallest absolute Gasteiger partial charge is 0.123 e. The first-order chi connectivity index (χ1) is 8.88. The summed E-state index contributed by atoms with van der Waals surface area (Å²) in [7, 11) is 0. The maximum atomic E-state index is 4.38. The normalized spacial score (nSPS) is 19.1. The lowest BCUT2D eigenvalue weighted by Crippen LogP contribution is -2.27. The molecule has 3 rings (SSSR count). The molecular formula is C15H19N3. The molecule has 2 aromatic rings. The highest BCUT2D eigenvalue weighted by Crippen LogP contribution is 2.40. The predicted molar refractivity (Wildman–Crippen MR) is 72.5 cm³/mol. The van der Waals surface area contributed by atoms with E-state index in [-0.39, 0.29) is 0 Å². The summed E-state index contributed by atoms with van der Waals surface area (Å²) in [5, 5.41) is 3.52. The SMILES string of the molecule is CCNC(CC1Cc2ccccc21)c1ncc[nH]1. The Morgan fingerprint density at radius 2 is 2.33 bits per heavy atom. The molecule has 0 amide bonds. The number of nitrogens with zero attached hydrogens (tertiary/aromatic N) is 1. The third kappa shape index (κ3) is 2.06. The number of nitrogens with one attached hydrogen (secondary N) is 2. The Hall–Kier alpha value is -1.61. The molecule has 0 fully saturated rings. The molecule has 3 nitrogen and oxygen atoms in total. The van der Waals surface area contributed by atoms with Gasteiger partial charge in [-0.25, -0.2) is 4.98 Å². The number of imidazole rings is 1. The highest BCUT2D eigenvalue weighted by Gasteiger charge is 2.28. The van der Waals surface area contributed by atoms with Crippen LogP contribution >= 0.6 is 0 Å². The van der Waals surface area contributed by atoms with E-state index in [1.807, 2.05) is 12.4 Å². The topological polar surface area (TPSA) is 40.7 Å². The number of hydrogen-bond donors (Lipinski definition) is 2. The molecule has 0 spiro atoms. The first-order valence-corrected chi connectivity index (χ1v) is 6.69. The molecule has 1 aromatic carbocycles. The van der Waals surface area contributed by atoms with Crippen molar-refractivity contribution in [2.75, 3.05) is 6.54 Å². The number of rotatable bonds is 5. The average Bonchev–Trinajstić information content (AvgIpc) is 2.88. The van der Waals surface area contributed by atoms with Crippen LogP contribution in [0.1, 0.15) is 42.3 Å². The monoisotopic (exact) mass is 241 g/mol. The maximum absolute atomic E-state index is 4.38. The molecule has 94 valence electrons. The van der Waals surface area contributed by atoms with E-state index >= 15 is 0 Å². The molecule has 2 N–H and O–H groups in total. The van der Waals surface area contributed by atoms with Gasteiger partial charge in [-0.1, -0.05) is 31.2 Å². The Balaban J connectivity index is 1.72. The van der Waals surface area contributed by atoms with Crippen LogP contribution in [0.4, 0.5) is 0 Å². The van der Waals surface area contributed by atoms with Gasteiger partial charge in [-0.3, -0.25) is 0 Å². The summed E-state index contributed by atoms with van der Waals surface area (Å²) in [6.45, 7) is 3.12. The van der Waals surface area contributed by atoms with E-state index in [9.17, 15) is 0 Å². The number of benzene rings is 1. The maximum Gasteiger partial charge on any atom is 0.123 e. The highest BCUT2D eigenvalue weighted by molar-refractivity contribution is 5.40. The van der Waals surface area contributed by atoms with Crippen molar-refractivity contribution in [2.24, 2.45) is 0 Å². The van der Waals surface area contributed by atoms with Crippen molar-refractivity contribution in [3.05, 3.63) is 53.6 Å². The molecule has 18 heavy (non-hydrogen) atoms. The van der Waals surface area contributed by atoms with Crippen molar-refractivity contribution in [1.29, 1.82) is 0 Å². The van der Waals surface area contributed by atoms with Gasteiger partial charge in [-0.2, -0.15) is 0 Å². The summed E-state index contributed by atoms with van der Waals surface area (Å²) in [5.41, 5.74) is 3.03. The molecule has 0 aliphatic heterocycles. The van der Waals surface area contributed by atoms with Gasteiger partial charge in [0, 0.05) is 12.4 Å². The van der Waals surface area contributed by atoms with E-state index < -0.39 is 0 Å². The Labute approximate surface area is 108 Å². The second-order valence-electron chi connectivity index (χ2n) is 4.92. The van der Waals surface area contributed by atoms with E-state index in [4.69, 9.17) is 0 Å². The van der Waals surface area contributed by atoms with E-state index in [2.05, 4.69) is 46.5 Å². The molecule has 3 heteroatoms. The summed E-state index contributed by atoms with van der Waals surface area (Å²) < 4.78 is 0. The van der Waals surface area contributed by atoms with Crippen molar-refractivity contribution in [3.63, 3.8) is 0 Å². The second-order valence-corrected chi connectivity index (χ2v) is 4.92. The molecule has 0 bridgehead atoms. The van der Waals surface area contributed by atoms with Crippen molar-refractivity contribution in [1.82, 2.24) is 15.3 Å². The summed E-state index contributed by atoms with van der Waals surface area (Å²) in [5.74, 6) is 1.73. The molecular weight excluding hydrogens is 222 g/mol. The van der Waals surface area contributed by atoms with Gasteiger partial charge in [-0.05, 0) is 36.4 Å². The third-order valence-corrected chi connectivity index (χ3v) is 3.78. The van der Waals surface area contributed by atoms with Crippen molar-refractivity contribution < 1.29 is 0 Å². The fraction of sp³-hybridized carbons (Fsp3) is 0.400. The zero-order valence-corrected chi connectivity index (χ0v) is 10.7. The zero-order chi connectivity index (χ0) is 12.4. The Bertz CT molecular complexity index is 504. The Morgan fingerprint density at radius 1 is 1.44 bits per heavy atom. The molecule has 0 saturated heterocycles. The minimum absolute atomic E-state index is 0.336. The van der Waals surface area contributed by atoms with Crippen LogP contribution in [-0.2, 0) is 6.42 Å². The Morgan fingerprint density at radius 3 is 3.06 bits per heavy atom. The van der Waals surface area contributed by atoms with Crippen LogP contribution in [0.5, 0.6) is 0 Å². The van der Waals surface area contributed by atoms with Gasteiger partial charge < -0.3 is 10.3 Å². The largest absolute Gasteiger partial charge is 0.347 e. The lowest BCUT2D eigenvalue weighted by molar-refractivity contribution is 0.423. The van der Waals surface area contributed by atoms with E-state index in [0.29, 0.717) is 12.0 Å². The molecule has 2 unspecified atom stereocenters. The Kier molecular flexibility index (Phi) is 3.15. The van der Waals surface area contributed by atoms with Gasteiger partial charge >= 0.3 is 0 Å². The first-order valence-electron chi connectivity index (χ1n) is 6.69. The van der Waals surface area contributed by atoms with Gasteiger partial charge in [0.2, 0.25) is 0 Å². The zero-order valence-electron chi connectivity index (χ0n) is 10.7. The quantitative estimate of drug-likeness (QED) is 0.845. The standard InChI is InChI=1S/C15H19N3/c1-2-16-14(15-17-7-8-18-15)10-12-9-11-5-3-4-6-13(11)12/h3-8,12,14,16H,2,9-10H2,1H3,(H,17,18). The number of H-pyrrole nitrogens is 1. The predicted octanol–water partition coefficient (Wildman–Crippen LogP) is 2.79. The van der Waals surface area contributed by atoms with Crippen LogP contribution in [0.2, 0.25) is 0 Å². The molecule has 1 heterocycles. The van der Waals surface area contributed by atoms with Crippen molar-refractivity contribution in [2.45, 2.75) is 31.7 Å². The number of fused-ring (bicyclic) bond motifs is 1. The van der Waals surface area contributed by atoms with Gasteiger partial charge in [0.05, 0.1) is 6.04 Å². The molecule has 0 radical (unpaired) electrons. The number of aromatic amines is 1. The van der Waals surface area contributed by atoms with Crippen LogP contribution in [-0.4, -0.2) is 16.5 Å². The minimum atomic E-state index is 0.336. The van der Waals surface area contributed by atoms with E-state index in [1.54, 1.807) is 0 Å². The van der Waals surface area contributed by atoms with Crippen LogP contribution < -0.4 is 5.32 Å². The minimum Gasteiger partial charge on any atom is -0.347 e. The van der Waals surface area contributed by atoms with E-state index in [1.165, 1.54) is 17.5 Å². The lowest BCUT2D eigenvalue weighted by atomic mass is 9.74. The van der Waals surface area contributed by atoms with Gasteiger partial charge in [0.1, 0.15) is 5.82 Å². The van der Waals surface area contributed by atoms with Crippen LogP contribution in [0, 0.1) is 0 Å². The fourth-order valence-electron chi connectivity index (χ4n) is 2.86. The summed E-state index contributed by atoms with van der Waals surface area (Å²) in [4.78, 5) is 7.61. The van der Waals surface area contributed by atoms with Gasteiger partial charge in [0.15, 0.2) is 0 Å². The highest BCUT2D eigenvalue weighted by atomic mass is 15.0. The fourth-order valence-corrected chi connectivity index (χ4v) is 2.86. The van der Waals surface area contributed by atoms with E-state index in [0.717, 1.165) is 18.8 Å². The third-order valence-electron chi connectivity index (χ3n) is 3.78. The molecule has 2 atom stereocenters. The number of hydrogen-bond acceptors (Lipinski definition) is 2. The molecule has 0 saturated carbocycles. The van der Waals surface area contributed by atoms with Crippen LogP contribution in [0.15, 0.2) is 36.7 Å². The molecule has 1 aliphatic carbocycles. The van der Waals surface area contributed by atoms with Crippen LogP contribution in [0.3, 0.4) is 0 Å². The molecule has 1 aliphatic rings. The lowest BCUT2D eigenvalue weighted by Gasteiger charge is -2.32. The van der Waals surface area contributed by atoms with Gasteiger partial charge in [-0.15, -0.1) is 0 Å². The molecule has 1 aromatic heterocycles. The van der Waals surface area contributed by atoms with Crippen molar-refractivity contribution >= 4 is 0 Å². The summed E-state index contributed by atoms with van der Waals surface area (Å²) >= 11 is 0. The van der Waals surface area contributed by atoms with Crippen LogP contribution in [0.25, 0.3) is 0 Å². The second kappa shape index (κ2) is 4.94.